The van der Waals surface area contributed by atoms with Crippen molar-refractivity contribution in [2.24, 2.45) is 0 Å². The van der Waals surface area contributed by atoms with Gasteiger partial charge in [-0.2, -0.15) is 0 Å². The Bertz CT molecular complexity index is 1720. The van der Waals surface area contributed by atoms with Gasteiger partial charge in [-0.15, -0.1) is 0 Å². The van der Waals surface area contributed by atoms with Gasteiger partial charge in [0.2, 0.25) is 10.0 Å². The highest BCUT2D eigenvalue weighted by molar-refractivity contribution is 7.88. The zero-order valence-electron chi connectivity index (χ0n) is 29.0. The third-order valence-electron chi connectivity index (χ3n) is 8.53. The molecule has 0 saturated carbocycles. The van der Waals surface area contributed by atoms with Crippen LogP contribution in [-0.4, -0.2) is 46.8 Å². The standard InChI is InChI=1S/C39H52N4O4S/c1-5-7-8-9-10-11-12-15-28-47-33-21-18-31(19-22-33)39(44)42-38-25-24-37(34-16-13-14-17-35(34)38)41-36-23-20-32(29-30(36)3)43(6-2)27-26-40-48(4,45)46/h13-14,16-25,29,40-41H,5-12,15,26-28H2,1-4H3,(H,42,44). The van der Waals surface area contributed by atoms with Crippen molar-refractivity contribution in [3.63, 3.8) is 0 Å². The Morgan fingerprint density at radius 3 is 2.04 bits per heavy atom. The molecular formula is C39H52N4O4S. The minimum atomic E-state index is -3.23. The summed E-state index contributed by atoms with van der Waals surface area (Å²) < 4.78 is 31.4. The molecule has 9 heteroatoms. The molecule has 0 saturated heterocycles. The van der Waals surface area contributed by atoms with E-state index < -0.39 is 10.0 Å². The number of likely N-dealkylation sites (N-methyl/N-ethyl adjacent to an activating group) is 1. The monoisotopic (exact) mass is 672 g/mol. The number of hydrogen-bond acceptors (Lipinski definition) is 6. The van der Waals surface area contributed by atoms with Crippen molar-refractivity contribution in [1.82, 2.24) is 4.72 Å². The van der Waals surface area contributed by atoms with Crippen LogP contribution in [0.15, 0.2) is 78.9 Å². The van der Waals surface area contributed by atoms with Gasteiger partial charge in [-0.25, -0.2) is 13.1 Å². The highest BCUT2D eigenvalue weighted by Gasteiger charge is 2.13. The summed E-state index contributed by atoms with van der Waals surface area (Å²) in [6.45, 7) is 8.72. The maximum atomic E-state index is 13.2. The fourth-order valence-corrected chi connectivity index (χ4v) is 6.27. The number of fused-ring (bicyclic) bond motifs is 1. The average molecular weight is 673 g/mol. The van der Waals surface area contributed by atoms with Crippen molar-refractivity contribution in [2.45, 2.75) is 72.1 Å². The number of aryl methyl sites for hydroxylation is 1. The van der Waals surface area contributed by atoms with E-state index in [0.29, 0.717) is 25.3 Å². The molecule has 0 heterocycles. The molecule has 0 aliphatic rings. The molecule has 1 amide bonds. The maximum Gasteiger partial charge on any atom is 0.255 e. The molecule has 0 fully saturated rings. The lowest BCUT2D eigenvalue weighted by molar-refractivity contribution is 0.102. The summed E-state index contributed by atoms with van der Waals surface area (Å²) in [5.74, 6) is 0.610. The summed E-state index contributed by atoms with van der Waals surface area (Å²) in [5.41, 5.74) is 5.31. The van der Waals surface area contributed by atoms with E-state index in [2.05, 4.69) is 47.1 Å². The molecule has 0 aromatic heterocycles. The topological polar surface area (TPSA) is 99.8 Å². The Morgan fingerprint density at radius 1 is 0.771 bits per heavy atom. The lowest BCUT2D eigenvalue weighted by atomic mass is 10.1. The number of ether oxygens (including phenoxy) is 1. The van der Waals surface area contributed by atoms with Crippen molar-refractivity contribution in [3.8, 4) is 5.75 Å². The van der Waals surface area contributed by atoms with Crippen molar-refractivity contribution in [2.75, 3.05) is 48.0 Å². The van der Waals surface area contributed by atoms with Crippen molar-refractivity contribution >= 4 is 49.5 Å². The minimum absolute atomic E-state index is 0.172. The zero-order chi connectivity index (χ0) is 34.4. The number of nitrogens with zero attached hydrogens (tertiary/aromatic N) is 1. The molecule has 4 rings (SSSR count). The Kier molecular flexibility index (Phi) is 14.1. The summed E-state index contributed by atoms with van der Waals surface area (Å²) in [4.78, 5) is 15.4. The van der Waals surface area contributed by atoms with Gasteiger partial charge in [-0.3, -0.25) is 4.79 Å². The molecule has 4 aromatic rings. The Balaban J connectivity index is 1.35. The number of carbonyl (C=O) groups is 1. The fraction of sp³-hybridized carbons (Fsp3) is 0.410. The van der Waals surface area contributed by atoms with Gasteiger partial charge in [0.15, 0.2) is 0 Å². The molecule has 0 aliphatic heterocycles. The van der Waals surface area contributed by atoms with E-state index in [1.165, 1.54) is 51.2 Å². The summed E-state index contributed by atoms with van der Waals surface area (Å²) in [6, 6.07) is 25.5. The lowest BCUT2D eigenvalue weighted by Gasteiger charge is -2.24. The number of sulfonamides is 1. The lowest BCUT2D eigenvalue weighted by Crippen LogP contribution is -2.34. The first kappa shape index (κ1) is 36.8. The molecule has 4 aromatic carbocycles. The van der Waals surface area contributed by atoms with E-state index in [4.69, 9.17) is 4.74 Å². The normalized spacial score (nSPS) is 11.4. The first-order valence-electron chi connectivity index (χ1n) is 17.3. The van der Waals surface area contributed by atoms with E-state index in [1.54, 1.807) is 0 Å². The fourth-order valence-electron chi connectivity index (χ4n) is 5.81. The van der Waals surface area contributed by atoms with Crippen LogP contribution in [0.25, 0.3) is 10.8 Å². The largest absolute Gasteiger partial charge is 0.494 e. The molecule has 3 N–H and O–H groups in total. The molecule has 0 unspecified atom stereocenters. The van der Waals surface area contributed by atoms with Gasteiger partial charge >= 0.3 is 0 Å². The smallest absolute Gasteiger partial charge is 0.255 e. The molecule has 8 nitrogen and oxygen atoms in total. The molecule has 48 heavy (non-hydrogen) atoms. The van der Waals surface area contributed by atoms with Gasteiger partial charge in [0, 0.05) is 58.7 Å². The van der Waals surface area contributed by atoms with Gasteiger partial charge in [0.25, 0.3) is 5.91 Å². The van der Waals surface area contributed by atoms with Crippen LogP contribution in [-0.2, 0) is 10.0 Å². The number of anilines is 4. The van der Waals surface area contributed by atoms with E-state index in [1.807, 2.05) is 72.8 Å². The molecule has 0 spiro atoms. The SMILES string of the molecule is CCCCCCCCCCOc1ccc(C(=O)Nc2ccc(Nc3ccc(N(CC)CCNS(C)(=O)=O)cc3C)c3ccccc23)cc1. The number of rotatable bonds is 20. The number of nitrogens with one attached hydrogen (secondary N) is 3. The third kappa shape index (κ3) is 11.3. The van der Waals surface area contributed by atoms with Crippen LogP contribution in [0.5, 0.6) is 5.75 Å². The minimum Gasteiger partial charge on any atom is -0.494 e. The molecule has 0 bridgehead atoms. The summed E-state index contributed by atoms with van der Waals surface area (Å²) in [6.07, 6.45) is 11.3. The second kappa shape index (κ2) is 18.5. The number of amides is 1. The van der Waals surface area contributed by atoms with Gasteiger partial charge in [-0.05, 0) is 80.4 Å². The van der Waals surface area contributed by atoms with Gasteiger partial charge < -0.3 is 20.3 Å². The highest BCUT2D eigenvalue weighted by Crippen LogP contribution is 2.34. The van der Waals surface area contributed by atoms with Crippen molar-refractivity contribution < 1.29 is 17.9 Å². The van der Waals surface area contributed by atoms with E-state index >= 15 is 0 Å². The number of benzene rings is 4. The van der Waals surface area contributed by atoms with Gasteiger partial charge in [-0.1, -0.05) is 76.1 Å². The van der Waals surface area contributed by atoms with Crippen LogP contribution in [0, 0.1) is 6.92 Å². The highest BCUT2D eigenvalue weighted by atomic mass is 32.2. The summed E-state index contributed by atoms with van der Waals surface area (Å²) in [5, 5.41) is 8.61. The van der Waals surface area contributed by atoms with Crippen molar-refractivity contribution in [3.05, 3.63) is 90.0 Å². The Labute approximate surface area is 287 Å². The van der Waals surface area contributed by atoms with E-state index in [9.17, 15) is 13.2 Å². The molecule has 0 aliphatic carbocycles. The number of unbranched alkanes of at least 4 members (excludes halogenated alkanes) is 7. The zero-order valence-corrected chi connectivity index (χ0v) is 29.8. The van der Waals surface area contributed by atoms with E-state index in [0.717, 1.165) is 57.8 Å². The first-order valence-corrected chi connectivity index (χ1v) is 19.2. The van der Waals surface area contributed by atoms with Crippen LogP contribution in [0.1, 0.15) is 81.1 Å². The summed E-state index contributed by atoms with van der Waals surface area (Å²) >= 11 is 0. The molecule has 0 atom stereocenters. The molecular weight excluding hydrogens is 621 g/mol. The molecule has 0 radical (unpaired) electrons. The summed E-state index contributed by atoms with van der Waals surface area (Å²) in [7, 11) is -3.23. The van der Waals surface area contributed by atoms with Crippen LogP contribution in [0.2, 0.25) is 0 Å². The first-order chi connectivity index (χ1) is 23.2. The second-order valence-corrected chi connectivity index (χ2v) is 14.2. The van der Waals surface area contributed by atoms with Crippen LogP contribution < -0.4 is 25.0 Å². The Morgan fingerprint density at radius 2 is 1.40 bits per heavy atom. The van der Waals surface area contributed by atoms with Crippen LogP contribution in [0.3, 0.4) is 0 Å². The third-order valence-corrected chi connectivity index (χ3v) is 9.26. The van der Waals surface area contributed by atoms with Crippen molar-refractivity contribution in [1.29, 1.82) is 0 Å². The van der Waals surface area contributed by atoms with Gasteiger partial charge in [0.05, 0.1) is 12.9 Å². The van der Waals surface area contributed by atoms with Gasteiger partial charge in [0.1, 0.15) is 5.75 Å². The quantitative estimate of drug-likeness (QED) is 0.0811. The predicted molar refractivity (Wildman–Crippen MR) is 202 cm³/mol. The van der Waals surface area contributed by atoms with Crippen LogP contribution in [0.4, 0.5) is 22.7 Å². The average Bonchev–Trinajstić information content (AvgIpc) is 3.07. The number of carbonyl (C=O) groups excluding carboxylic acids is 1. The van der Waals surface area contributed by atoms with E-state index in [-0.39, 0.29) is 5.91 Å². The number of hydrogen-bond donors (Lipinski definition) is 3. The van der Waals surface area contributed by atoms with Crippen LogP contribution >= 0.6 is 0 Å². The predicted octanol–water partition coefficient (Wildman–Crippen LogP) is 9.04. The molecule has 258 valence electrons. The maximum absolute atomic E-state index is 13.2. The second-order valence-electron chi connectivity index (χ2n) is 12.4. The Hall–Kier alpha value is -4.08.